The van der Waals surface area contributed by atoms with E-state index >= 15 is 0 Å². The molecule has 102 valence electrons. The monoisotopic (exact) mass is 285 g/mol. The molecule has 0 radical (unpaired) electrons. The minimum atomic E-state index is 0.288. The van der Waals surface area contributed by atoms with Crippen LogP contribution in [0, 0.1) is 0 Å². The Kier molecular flexibility index (Phi) is 3.05. The van der Waals surface area contributed by atoms with Crippen LogP contribution in [0.4, 0.5) is 0 Å². The van der Waals surface area contributed by atoms with Crippen LogP contribution in [0.1, 0.15) is 30.3 Å². The molecule has 2 aliphatic rings. The Labute approximate surface area is 121 Å². The van der Waals surface area contributed by atoms with Gasteiger partial charge in [-0.05, 0) is 24.9 Å². The summed E-state index contributed by atoms with van der Waals surface area (Å²) in [6.07, 6.45) is 2.30. The van der Waals surface area contributed by atoms with Crippen LogP contribution in [-0.2, 0) is 0 Å². The zero-order valence-corrected chi connectivity index (χ0v) is 11.8. The highest BCUT2D eigenvalue weighted by Crippen LogP contribution is 2.29. The highest BCUT2D eigenvalue weighted by molar-refractivity contribution is 7.99. The van der Waals surface area contributed by atoms with Gasteiger partial charge in [-0.25, -0.2) is 0 Å². The predicted octanol–water partition coefficient (Wildman–Crippen LogP) is 2.06. The number of hydrogen-bond donors (Lipinski definition) is 1. The Morgan fingerprint density at radius 3 is 2.90 bits per heavy atom. The summed E-state index contributed by atoms with van der Waals surface area (Å²) in [4.78, 5) is 0. The Hall–Kier alpha value is -1.66. The molecule has 0 spiro atoms. The number of nitrogens with one attached hydrogen (secondary N) is 1. The number of hydrogen-bond acceptors (Lipinski definition) is 5. The fourth-order valence-corrected chi connectivity index (χ4v) is 3.48. The number of aromatic nitrogens is 3. The van der Waals surface area contributed by atoms with Crippen molar-refractivity contribution in [2.75, 3.05) is 12.3 Å². The van der Waals surface area contributed by atoms with Crippen LogP contribution < -0.4 is 5.32 Å². The fourth-order valence-electron chi connectivity index (χ4n) is 2.64. The quantitative estimate of drug-likeness (QED) is 0.917. The molecule has 0 saturated carbocycles. The fraction of sp³-hybridized carbons (Fsp3) is 0.357. The predicted molar refractivity (Wildman–Crippen MR) is 79.1 cm³/mol. The van der Waals surface area contributed by atoms with E-state index < -0.39 is 0 Å². The highest BCUT2D eigenvalue weighted by Gasteiger charge is 2.26. The summed E-state index contributed by atoms with van der Waals surface area (Å²) < 4.78 is 1.92. The minimum absolute atomic E-state index is 0.288. The van der Waals surface area contributed by atoms with Gasteiger partial charge in [0.05, 0.1) is 11.8 Å². The third-order valence-corrected chi connectivity index (χ3v) is 4.60. The maximum atomic E-state index is 4.77. The summed E-state index contributed by atoms with van der Waals surface area (Å²) in [5, 5.41) is 17.7. The van der Waals surface area contributed by atoms with Crippen molar-refractivity contribution in [1.82, 2.24) is 20.2 Å². The lowest BCUT2D eigenvalue weighted by atomic mass is 10.1. The lowest BCUT2D eigenvalue weighted by molar-refractivity contribution is 0.562. The first-order chi connectivity index (χ1) is 9.92. The van der Waals surface area contributed by atoms with Crippen molar-refractivity contribution in [3.8, 4) is 0 Å². The molecule has 0 amide bonds. The van der Waals surface area contributed by atoms with E-state index in [0.717, 1.165) is 35.4 Å². The molecule has 20 heavy (non-hydrogen) atoms. The second-order valence-electron chi connectivity index (χ2n) is 5.00. The van der Waals surface area contributed by atoms with Crippen LogP contribution in [0.15, 0.2) is 40.6 Å². The van der Waals surface area contributed by atoms with Crippen molar-refractivity contribution in [2.24, 2.45) is 5.10 Å². The molecule has 2 aromatic rings. The summed E-state index contributed by atoms with van der Waals surface area (Å²) in [5.41, 5.74) is 2.26. The van der Waals surface area contributed by atoms with Gasteiger partial charge in [-0.1, -0.05) is 42.1 Å². The molecule has 1 saturated heterocycles. The van der Waals surface area contributed by atoms with Gasteiger partial charge in [0.15, 0.2) is 5.82 Å². The molecule has 1 fully saturated rings. The minimum Gasteiger partial charge on any atom is -0.307 e. The van der Waals surface area contributed by atoms with E-state index in [4.69, 9.17) is 5.10 Å². The molecule has 5 nitrogen and oxygen atoms in total. The Morgan fingerprint density at radius 1 is 1.20 bits per heavy atom. The van der Waals surface area contributed by atoms with Crippen molar-refractivity contribution < 1.29 is 0 Å². The lowest BCUT2D eigenvalue weighted by Crippen LogP contribution is -2.20. The molecule has 4 rings (SSSR count). The van der Waals surface area contributed by atoms with Crippen molar-refractivity contribution >= 4 is 17.5 Å². The van der Waals surface area contributed by atoms with E-state index in [2.05, 4.69) is 27.6 Å². The third-order valence-electron chi connectivity index (χ3n) is 3.67. The van der Waals surface area contributed by atoms with Crippen LogP contribution in [0.3, 0.4) is 0 Å². The zero-order chi connectivity index (χ0) is 13.4. The molecule has 2 aliphatic heterocycles. The second kappa shape index (κ2) is 5.03. The molecule has 1 aromatic heterocycles. The van der Waals surface area contributed by atoms with Gasteiger partial charge in [-0.2, -0.15) is 9.78 Å². The van der Waals surface area contributed by atoms with Crippen molar-refractivity contribution in [2.45, 2.75) is 24.0 Å². The number of rotatable bonds is 2. The topological polar surface area (TPSA) is 55.1 Å². The summed E-state index contributed by atoms with van der Waals surface area (Å²) in [7, 11) is 0. The third kappa shape index (κ3) is 2.05. The zero-order valence-electron chi connectivity index (χ0n) is 11.0. The van der Waals surface area contributed by atoms with Crippen LogP contribution in [0.2, 0.25) is 0 Å². The van der Waals surface area contributed by atoms with Gasteiger partial charge in [0.2, 0.25) is 5.16 Å². The van der Waals surface area contributed by atoms with E-state index in [1.165, 1.54) is 12.0 Å². The first kappa shape index (κ1) is 12.1. The molecular weight excluding hydrogens is 270 g/mol. The first-order valence-electron chi connectivity index (χ1n) is 6.86. The maximum absolute atomic E-state index is 4.77. The van der Waals surface area contributed by atoms with Crippen molar-refractivity contribution in [1.29, 1.82) is 0 Å². The molecule has 0 bridgehead atoms. The molecule has 1 N–H and O–H groups in total. The van der Waals surface area contributed by atoms with Crippen molar-refractivity contribution in [3.63, 3.8) is 0 Å². The highest BCUT2D eigenvalue weighted by atomic mass is 32.2. The van der Waals surface area contributed by atoms with E-state index in [1.54, 1.807) is 11.8 Å². The van der Waals surface area contributed by atoms with E-state index in [1.807, 2.05) is 22.9 Å². The number of fused-ring (bicyclic) bond motifs is 1. The summed E-state index contributed by atoms with van der Waals surface area (Å²) >= 11 is 1.70. The smallest absolute Gasteiger partial charge is 0.212 e. The summed E-state index contributed by atoms with van der Waals surface area (Å²) in [6, 6.07) is 10.6. The average molecular weight is 285 g/mol. The van der Waals surface area contributed by atoms with E-state index in [-0.39, 0.29) is 6.04 Å². The van der Waals surface area contributed by atoms with Gasteiger partial charge in [-0.15, -0.1) is 10.2 Å². The van der Waals surface area contributed by atoms with Gasteiger partial charge >= 0.3 is 0 Å². The molecule has 1 aromatic carbocycles. The second-order valence-corrected chi connectivity index (χ2v) is 5.95. The molecule has 6 heteroatoms. The Bertz CT molecular complexity index is 643. The lowest BCUT2D eigenvalue weighted by Gasteiger charge is -2.15. The van der Waals surface area contributed by atoms with Gasteiger partial charge in [-0.3, -0.25) is 0 Å². The van der Waals surface area contributed by atoms with Gasteiger partial charge in [0.1, 0.15) is 0 Å². The first-order valence-corrected chi connectivity index (χ1v) is 7.85. The van der Waals surface area contributed by atoms with E-state index in [9.17, 15) is 0 Å². The number of benzene rings is 1. The molecule has 1 atom stereocenters. The molecule has 3 heterocycles. The van der Waals surface area contributed by atoms with E-state index in [0.29, 0.717) is 0 Å². The number of thioether (sulfide) groups is 1. The number of nitrogens with zero attached hydrogens (tertiary/aromatic N) is 4. The summed E-state index contributed by atoms with van der Waals surface area (Å²) in [6.45, 7) is 1.05. The largest absolute Gasteiger partial charge is 0.307 e. The van der Waals surface area contributed by atoms with Gasteiger partial charge in [0.25, 0.3) is 0 Å². The van der Waals surface area contributed by atoms with Crippen LogP contribution in [0.5, 0.6) is 0 Å². The SMILES string of the molecule is c1ccc(C2=Nn3c(nnc3C3CCCN3)SC2)cc1. The van der Waals surface area contributed by atoms with Crippen molar-refractivity contribution in [3.05, 3.63) is 41.7 Å². The van der Waals surface area contributed by atoms with Gasteiger partial charge in [0, 0.05) is 5.75 Å². The maximum Gasteiger partial charge on any atom is 0.212 e. The normalized spacial score (nSPS) is 21.6. The molecule has 1 unspecified atom stereocenters. The van der Waals surface area contributed by atoms with Crippen LogP contribution >= 0.6 is 11.8 Å². The standard InChI is InChI=1S/C14H15N5S/c1-2-5-10(6-3-1)12-9-20-14-17-16-13(19(14)18-12)11-7-4-8-15-11/h1-3,5-6,11,15H,4,7-9H2. The Balaban J connectivity index is 1.74. The average Bonchev–Trinajstić information content (AvgIpc) is 3.16. The van der Waals surface area contributed by atoms with Crippen LogP contribution in [-0.4, -0.2) is 32.9 Å². The van der Waals surface area contributed by atoms with Crippen LogP contribution in [0.25, 0.3) is 0 Å². The summed E-state index contributed by atoms with van der Waals surface area (Å²) in [5.74, 6) is 1.79. The Morgan fingerprint density at radius 2 is 2.10 bits per heavy atom. The van der Waals surface area contributed by atoms with Gasteiger partial charge < -0.3 is 5.32 Å². The molecular formula is C14H15N5S. The molecule has 0 aliphatic carbocycles.